The molecule has 192 valence electrons. The Morgan fingerprint density at radius 1 is 1.00 bits per heavy atom. The van der Waals surface area contributed by atoms with Gasteiger partial charge in [0.05, 0.1) is 5.54 Å². The van der Waals surface area contributed by atoms with Crippen molar-refractivity contribution in [1.29, 1.82) is 0 Å². The molecule has 3 fully saturated rings. The molecule has 2 N–H and O–H groups in total. The van der Waals surface area contributed by atoms with Gasteiger partial charge in [0, 0.05) is 44.1 Å². The molecule has 1 aromatic carbocycles. The quantitative estimate of drug-likeness (QED) is 0.465. The van der Waals surface area contributed by atoms with Gasteiger partial charge in [0.25, 0.3) is 5.91 Å². The van der Waals surface area contributed by atoms with Gasteiger partial charge in [0.1, 0.15) is 0 Å². The van der Waals surface area contributed by atoms with Crippen LogP contribution >= 0.6 is 0 Å². The number of piperidine rings is 1. The summed E-state index contributed by atoms with van der Waals surface area (Å²) in [5.41, 5.74) is 0.862. The van der Waals surface area contributed by atoms with Crippen LogP contribution in [0.15, 0.2) is 42.5 Å². The van der Waals surface area contributed by atoms with Gasteiger partial charge in [-0.3, -0.25) is 4.79 Å². The van der Waals surface area contributed by atoms with E-state index in [0.29, 0.717) is 12.2 Å². The Labute approximate surface area is 207 Å². The second-order valence-corrected chi connectivity index (χ2v) is 10.1. The molecular formula is C27H38N2O6. The number of hydrogen-bond acceptors (Lipinski definition) is 5. The minimum atomic E-state index is -1.26. The number of methoxy groups -OCH3 is 1. The fraction of sp³-hybridized carbons (Fsp3) is 0.593. The molecule has 1 aromatic rings. The molecule has 35 heavy (non-hydrogen) atoms. The molecule has 1 spiro atoms. The Morgan fingerprint density at radius 2 is 1.54 bits per heavy atom. The van der Waals surface area contributed by atoms with Crippen LogP contribution < -0.4 is 4.90 Å². The smallest absolute Gasteiger partial charge is 0.328 e. The summed E-state index contributed by atoms with van der Waals surface area (Å²) in [5, 5.41) is 15.6. The second kappa shape index (κ2) is 11.8. The molecule has 2 aliphatic heterocycles. The van der Waals surface area contributed by atoms with Crippen molar-refractivity contribution in [2.45, 2.75) is 70.1 Å². The van der Waals surface area contributed by atoms with Gasteiger partial charge >= 0.3 is 11.9 Å². The highest BCUT2D eigenvalue weighted by Crippen LogP contribution is 2.46. The summed E-state index contributed by atoms with van der Waals surface area (Å²) in [5.74, 6) is -0.666. The number of benzene rings is 1. The number of nitrogens with zero attached hydrogens (tertiary/aromatic N) is 2. The number of hydrogen-bond donors (Lipinski definition) is 2. The SMILES string of the molecule is COC1C(=O)N(c2ccccc2)C12CCN(C1CCC(C(C)C)CC1)CC2.O=C(O)C=CC(=O)O. The Balaban J connectivity index is 0.000000371. The van der Waals surface area contributed by atoms with Crippen molar-refractivity contribution in [3.05, 3.63) is 42.5 Å². The summed E-state index contributed by atoms with van der Waals surface area (Å²) in [4.78, 5) is 36.6. The first kappa shape index (κ1) is 26.9. The van der Waals surface area contributed by atoms with Gasteiger partial charge in [0.2, 0.25) is 0 Å². The zero-order valence-electron chi connectivity index (χ0n) is 20.9. The highest BCUT2D eigenvalue weighted by Gasteiger charge is 2.62. The van der Waals surface area contributed by atoms with E-state index >= 15 is 0 Å². The predicted octanol–water partition coefficient (Wildman–Crippen LogP) is 3.81. The first-order valence-corrected chi connectivity index (χ1v) is 12.5. The average molecular weight is 487 g/mol. The van der Waals surface area contributed by atoms with Gasteiger partial charge in [0.15, 0.2) is 6.10 Å². The van der Waals surface area contributed by atoms with Crippen LogP contribution in [0.3, 0.4) is 0 Å². The number of carboxylic acid groups (broad SMARTS) is 2. The molecule has 8 heteroatoms. The number of rotatable bonds is 6. The molecule has 1 atom stereocenters. The number of amides is 1. The number of carbonyl (C=O) groups excluding carboxylic acids is 1. The molecule has 1 amide bonds. The van der Waals surface area contributed by atoms with Gasteiger partial charge in [-0.2, -0.15) is 0 Å². The highest BCUT2D eigenvalue weighted by atomic mass is 16.5. The summed E-state index contributed by atoms with van der Waals surface area (Å²) in [6.45, 7) is 6.89. The monoisotopic (exact) mass is 486 g/mol. The number of carboxylic acids is 2. The lowest BCUT2D eigenvalue weighted by Gasteiger charge is -2.60. The van der Waals surface area contributed by atoms with E-state index in [4.69, 9.17) is 14.9 Å². The van der Waals surface area contributed by atoms with Gasteiger partial charge in [-0.1, -0.05) is 32.0 Å². The van der Waals surface area contributed by atoms with E-state index in [2.05, 4.69) is 18.7 Å². The molecule has 2 heterocycles. The number of anilines is 1. The summed E-state index contributed by atoms with van der Waals surface area (Å²) in [7, 11) is 1.69. The van der Waals surface area contributed by atoms with E-state index in [1.807, 2.05) is 35.2 Å². The zero-order chi connectivity index (χ0) is 25.6. The van der Waals surface area contributed by atoms with Gasteiger partial charge in [-0.05, 0) is 62.5 Å². The van der Waals surface area contributed by atoms with Gasteiger partial charge in [-0.15, -0.1) is 0 Å². The molecule has 1 saturated carbocycles. The summed E-state index contributed by atoms with van der Waals surface area (Å²) < 4.78 is 5.65. The lowest BCUT2D eigenvalue weighted by atomic mass is 9.71. The van der Waals surface area contributed by atoms with Crippen molar-refractivity contribution in [2.75, 3.05) is 25.1 Å². The highest BCUT2D eigenvalue weighted by molar-refractivity contribution is 6.06. The number of para-hydroxylation sites is 1. The van der Waals surface area contributed by atoms with E-state index in [1.165, 1.54) is 25.7 Å². The lowest BCUT2D eigenvalue weighted by Crippen LogP contribution is -2.78. The topological polar surface area (TPSA) is 107 Å². The van der Waals surface area contributed by atoms with Crippen LogP contribution in [-0.4, -0.2) is 70.8 Å². The Kier molecular flexibility index (Phi) is 9.08. The predicted molar refractivity (Wildman–Crippen MR) is 133 cm³/mol. The largest absolute Gasteiger partial charge is 0.478 e. The fourth-order valence-electron chi connectivity index (χ4n) is 5.94. The minimum absolute atomic E-state index is 0.120. The molecule has 1 unspecified atom stereocenters. The van der Waals surface area contributed by atoms with Crippen LogP contribution in [-0.2, 0) is 19.1 Å². The molecule has 2 saturated heterocycles. The lowest BCUT2D eigenvalue weighted by molar-refractivity contribution is -0.151. The zero-order valence-corrected chi connectivity index (χ0v) is 20.9. The van der Waals surface area contributed by atoms with E-state index in [1.54, 1.807) is 7.11 Å². The number of aliphatic carboxylic acids is 2. The first-order chi connectivity index (χ1) is 16.7. The van der Waals surface area contributed by atoms with Crippen LogP contribution in [0.4, 0.5) is 5.69 Å². The van der Waals surface area contributed by atoms with Crippen molar-refractivity contribution >= 4 is 23.5 Å². The van der Waals surface area contributed by atoms with Crippen LogP contribution in [0.5, 0.6) is 0 Å². The van der Waals surface area contributed by atoms with Crippen molar-refractivity contribution < 1.29 is 29.3 Å². The maximum atomic E-state index is 12.7. The Morgan fingerprint density at radius 3 is 2.00 bits per heavy atom. The van der Waals surface area contributed by atoms with Crippen molar-refractivity contribution in [3.63, 3.8) is 0 Å². The standard InChI is InChI=1S/C23H34N2O2.C4H4O4/c1-17(2)18-9-11-19(12-10-18)24-15-13-23(14-16-24)21(27-3)22(26)25(23)20-7-5-4-6-8-20;5-3(6)1-2-4(7)8/h4-8,17-19,21H,9-16H2,1-3H3;1-2H,(H,5,6)(H,7,8). The minimum Gasteiger partial charge on any atom is -0.478 e. The summed E-state index contributed by atoms with van der Waals surface area (Å²) >= 11 is 0. The molecule has 4 rings (SSSR count). The van der Waals surface area contributed by atoms with Gasteiger partial charge in [-0.25, -0.2) is 9.59 Å². The normalized spacial score (nSPS) is 26.3. The maximum Gasteiger partial charge on any atom is 0.328 e. The van der Waals surface area contributed by atoms with Crippen molar-refractivity contribution in [1.82, 2.24) is 4.90 Å². The second-order valence-electron chi connectivity index (χ2n) is 10.1. The number of β-lactam (4-membered cyclic amide) rings is 1. The summed E-state index contributed by atoms with van der Waals surface area (Å²) in [6, 6.07) is 10.9. The molecule has 0 bridgehead atoms. The fourth-order valence-corrected chi connectivity index (χ4v) is 5.94. The van der Waals surface area contributed by atoms with Crippen molar-refractivity contribution in [2.24, 2.45) is 11.8 Å². The van der Waals surface area contributed by atoms with Crippen LogP contribution in [0.2, 0.25) is 0 Å². The first-order valence-electron chi connectivity index (χ1n) is 12.5. The number of carbonyl (C=O) groups is 3. The van der Waals surface area contributed by atoms with Crippen LogP contribution in [0, 0.1) is 11.8 Å². The van der Waals surface area contributed by atoms with Crippen molar-refractivity contribution in [3.8, 4) is 0 Å². The summed E-state index contributed by atoms with van der Waals surface area (Å²) in [6.07, 6.45) is 8.28. The Hall–Kier alpha value is -2.71. The third-order valence-electron chi connectivity index (χ3n) is 7.86. The average Bonchev–Trinajstić information content (AvgIpc) is 2.84. The Bertz CT molecular complexity index is 884. The van der Waals surface area contributed by atoms with E-state index in [-0.39, 0.29) is 17.6 Å². The molecule has 0 radical (unpaired) electrons. The third kappa shape index (κ3) is 6.11. The maximum absolute atomic E-state index is 12.7. The van der Waals surface area contributed by atoms with Crippen LogP contribution in [0.25, 0.3) is 0 Å². The molecule has 1 aliphatic carbocycles. The third-order valence-corrected chi connectivity index (χ3v) is 7.86. The number of likely N-dealkylation sites (tertiary alicyclic amines) is 1. The molecule has 8 nitrogen and oxygen atoms in total. The molecule has 0 aromatic heterocycles. The van der Waals surface area contributed by atoms with E-state index < -0.39 is 11.9 Å². The molecular weight excluding hydrogens is 448 g/mol. The van der Waals surface area contributed by atoms with E-state index in [0.717, 1.165) is 49.5 Å². The van der Waals surface area contributed by atoms with Crippen LogP contribution in [0.1, 0.15) is 52.4 Å². The number of ether oxygens (including phenoxy) is 1. The molecule has 3 aliphatic rings. The van der Waals surface area contributed by atoms with E-state index in [9.17, 15) is 14.4 Å². The van der Waals surface area contributed by atoms with Gasteiger partial charge < -0.3 is 24.7 Å².